The molecule has 0 heterocycles. The van der Waals surface area contributed by atoms with E-state index in [9.17, 15) is 9.59 Å². The molecule has 0 aromatic rings. The largest absolute Gasteiger partial charge is 0.481 e. The zero-order chi connectivity index (χ0) is 10.1. The zero-order valence-corrected chi connectivity index (χ0v) is 9.20. The van der Waals surface area contributed by atoms with Crippen LogP contribution in [0.15, 0.2) is 0 Å². The molecule has 0 aliphatic carbocycles. The summed E-state index contributed by atoms with van der Waals surface area (Å²) < 4.78 is 0. The summed E-state index contributed by atoms with van der Waals surface area (Å²) in [7, 11) is 3.19. The van der Waals surface area contributed by atoms with Gasteiger partial charge in [-0.05, 0) is 6.42 Å². The number of aldehydes is 1. The van der Waals surface area contributed by atoms with E-state index in [-0.39, 0.29) is 5.92 Å². The van der Waals surface area contributed by atoms with Gasteiger partial charge in [-0.2, -0.15) is 0 Å². The van der Waals surface area contributed by atoms with E-state index < -0.39 is 5.97 Å². The van der Waals surface area contributed by atoms with E-state index in [4.69, 9.17) is 5.11 Å². The van der Waals surface area contributed by atoms with Gasteiger partial charge in [-0.25, -0.2) is 0 Å². The lowest BCUT2D eigenvalue weighted by atomic mass is 10.2. The molecule has 0 aliphatic rings. The van der Waals surface area contributed by atoms with Gasteiger partial charge in [0.15, 0.2) is 0 Å². The minimum Gasteiger partial charge on any atom is -0.481 e. The summed E-state index contributed by atoms with van der Waals surface area (Å²) in [5.41, 5.74) is 0. The van der Waals surface area contributed by atoms with E-state index in [0.717, 1.165) is 18.5 Å². The number of aliphatic carboxylic acids is 1. The van der Waals surface area contributed by atoms with Gasteiger partial charge < -0.3 is 9.90 Å². The molecule has 3 nitrogen and oxygen atoms in total. The van der Waals surface area contributed by atoms with E-state index in [1.165, 1.54) is 0 Å². The average molecular weight is 222 g/mol. The van der Waals surface area contributed by atoms with Gasteiger partial charge in [0.05, 0.1) is 5.92 Å². The molecule has 1 unspecified atom stereocenters. The highest BCUT2D eigenvalue weighted by Crippen LogP contribution is 2.24. The predicted molar refractivity (Wildman–Crippen MR) is 57.0 cm³/mol. The number of carboxylic acids is 1. The maximum Gasteiger partial charge on any atom is 0.307 e. The molecule has 0 radical (unpaired) electrons. The normalized spacial score (nSPS) is 12.4. The molecule has 0 saturated carbocycles. The number of rotatable bonds is 8. The molecule has 0 aromatic heterocycles. The molecule has 0 spiro atoms. The van der Waals surface area contributed by atoms with Gasteiger partial charge in [0.2, 0.25) is 0 Å². The van der Waals surface area contributed by atoms with Gasteiger partial charge in [-0.1, -0.05) is 28.5 Å². The van der Waals surface area contributed by atoms with Crippen LogP contribution in [0.5, 0.6) is 0 Å². The lowest BCUT2D eigenvalue weighted by molar-refractivity contribution is -0.140. The number of unbranched alkanes of at least 4 members (excludes halogenated alkanes) is 1. The highest BCUT2D eigenvalue weighted by Gasteiger charge is 2.09. The quantitative estimate of drug-likeness (QED) is 0.387. The second-order valence-corrected chi connectivity index (χ2v) is 5.28. The van der Waals surface area contributed by atoms with Crippen molar-refractivity contribution < 1.29 is 14.7 Å². The van der Waals surface area contributed by atoms with Crippen molar-refractivity contribution in [3.63, 3.8) is 0 Å². The molecule has 76 valence electrons. The Balaban J connectivity index is 3.15. The fourth-order valence-corrected chi connectivity index (χ4v) is 2.96. The molecular weight excluding hydrogens is 208 g/mol. The van der Waals surface area contributed by atoms with Gasteiger partial charge in [0.1, 0.15) is 6.29 Å². The molecule has 0 aliphatic heterocycles. The number of carbonyl (C=O) groups is 2. The first-order chi connectivity index (χ1) is 6.18. The van der Waals surface area contributed by atoms with Crippen LogP contribution < -0.4 is 0 Å². The third-order valence-corrected chi connectivity index (χ3v) is 4.04. The van der Waals surface area contributed by atoms with Crippen LogP contribution in [0.4, 0.5) is 0 Å². The molecule has 0 rings (SSSR count). The molecule has 0 aromatic carbocycles. The summed E-state index contributed by atoms with van der Waals surface area (Å²) in [5.74, 6) is 0.501. The Kier molecular flexibility index (Phi) is 8.33. The van der Waals surface area contributed by atoms with Crippen molar-refractivity contribution in [1.29, 1.82) is 0 Å². The Morgan fingerprint density at radius 3 is 2.77 bits per heavy atom. The lowest BCUT2D eigenvalue weighted by Gasteiger charge is -2.03. The van der Waals surface area contributed by atoms with Crippen molar-refractivity contribution in [1.82, 2.24) is 0 Å². The van der Waals surface area contributed by atoms with Crippen molar-refractivity contribution in [3.05, 3.63) is 0 Å². The number of carboxylic acid groups (broad SMARTS) is 1. The molecular formula is C8H14O3S2. The average Bonchev–Trinajstić information content (AvgIpc) is 2.10. The van der Waals surface area contributed by atoms with E-state index in [1.807, 2.05) is 0 Å². The Morgan fingerprint density at radius 2 is 2.23 bits per heavy atom. The minimum atomic E-state index is -0.749. The van der Waals surface area contributed by atoms with E-state index in [1.54, 1.807) is 28.5 Å². The van der Waals surface area contributed by atoms with Crippen LogP contribution in [0, 0.1) is 5.92 Å². The first kappa shape index (κ1) is 12.8. The Hall–Kier alpha value is -0.160. The maximum atomic E-state index is 10.4. The molecule has 0 amide bonds. The van der Waals surface area contributed by atoms with Crippen molar-refractivity contribution in [2.75, 3.05) is 11.5 Å². The Morgan fingerprint density at radius 1 is 1.54 bits per heavy atom. The Bertz CT molecular complexity index is 161. The van der Waals surface area contributed by atoms with Crippen LogP contribution in [0.2, 0.25) is 0 Å². The van der Waals surface area contributed by atoms with Crippen LogP contribution in [-0.4, -0.2) is 28.9 Å². The van der Waals surface area contributed by atoms with E-state index >= 15 is 0 Å². The van der Waals surface area contributed by atoms with Crippen molar-refractivity contribution in [2.24, 2.45) is 5.92 Å². The van der Waals surface area contributed by atoms with Gasteiger partial charge in [-0.3, -0.25) is 4.79 Å². The predicted octanol–water partition coefficient (Wildman–Crippen LogP) is 2.07. The summed E-state index contributed by atoms with van der Waals surface area (Å²) in [4.78, 5) is 20.3. The van der Waals surface area contributed by atoms with Crippen LogP contribution >= 0.6 is 21.6 Å². The molecule has 5 heteroatoms. The second kappa shape index (κ2) is 8.44. The summed E-state index contributed by atoms with van der Waals surface area (Å²) in [6.45, 7) is 1.70. The van der Waals surface area contributed by atoms with Gasteiger partial charge >= 0.3 is 5.97 Å². The topological polar surface area (TPSA) is 54.4 Å². The number of hydrogen-bond acceptors (Lipinski definition) is 4. The SMILES string of the molecule is CC(CSSCCCC=O)C(=O)O. The van der Waals surface area contributed by atoms with E-state index in [2.05, 4.69) is 0 Å². The zero-order valence-electron chi connectivity index (χ0n) is 7.56. The molecule has 1 atom stereocenters. The highest BCUT2D eigenvalue weighted by atomic mass is 33.1. The van der Waals surface area contributed by atoms with E-state index in [0.29, 0.717) is 12.2 Å². The number of hydrogen-bond donors (Lipinski definition) is 1. The smallest absolute Gasteiger partial charge is 0.307 e. The summed E-state index contributed by atoms with van der Waals surface area (Å²) in [5, 5.41) is 8.55. The Labute approximate surface area is 86.1 Å². The van der Waals surface area contributed by atoms with Crippen molar-refractivity contribution >= 4 is 33.8 Å². The molecule has 0 saturated heterocycles. The monoisotopic (exact) mass is 222 g/mol. The van der Waals surface area contributed by atoms with Gasteiger partial charge in [-0.15, -0.1) is 0 Å². The number of carbonyl (C=O) groups excluding carboxylic acids is 1. The first-order valence-electron chi connectivity index (χ1n) is 4.09. The van der Waals surface area contributed by atoms with Crippen molar-refractivity contribution in [2.45, 2.75) is 19.8 Å². The fourth-order valence-electron chi connectivity index (χ4n) is 0.506. The summed E-state index contributed by atoms with van der Waals surface area (Å²) in [6, 6.07) is 0. The van der Waals surface area contributed by atoms with Crippen LogP contribution in [0.1, 0.15) is 19.8 Å². The maximum absolute atomic E-state index is 10.4. The van der Waals surface area contributed by atoms with Gasteiger partial charge in [0, 0.05) is 17.9 Å². The minimum absolute atomic E-state index is 0.288. The lowest BCUT2D eigenvalue weighted by Crippen LogP contribution is -2.11. The third kappa shape index (κ3) is 8.18. The van der Waals surface area contributed by atoms with Crippen LogP contribution in [0.25, 0.3) is 0 Å². The molecule has 13 heavy (non-hydrogen) atoms. The first-order valence-corrected chi connectivity index (χ1v) is 6.58. The third-order valence-electron chi connectivity index (χ3n) is 1.37. The van der Waals surface area contributed by atoms with Crippen LogP contribution in [-0.2, 0) is 9.59 Å². The summed E-state index contributed by atoms with van der Waals surface area (Å²) in [6.07, 6.45) is 2.38. The standard InChI is InChI=1S/C8H14O3S2/c1-7(8(10)11)6-13-12-5-3-2-4-9/h4,7H,2-3,5-6H2,1H3,(H,10,11). The van der Waals surface area contributed by atoms with Crippen molar-refractivity contribution in [3.8, 4) is 0 Å². The van der Waals surface area contributed by atoms with Gasteiger partial charge in [0.25, 0.3) is 0 Å². The molecule has 1 N–H and O–H groups in total. The molecule has 0 fully saturated rings. The second-order valence-electron chi connectivity index (χ2n) is 2.65. The van der Waals surface area contributed by atoms with Crippen LogP contribution in [0.3, 0.4) is 0 Å². The fraction of sp³-hybridized carbons (Fsp3) is 0.750. The summed E-state index contributed by atoms with van der Waals surface area (Å²) >= 11 is 0. The molecule has 0 bridgehead atoms. The highest BCUT2D eigenvalue weighted by molar-refractivity contribution is 8.76.